The van der Waals surface area contributed by atoms with E-state index in [2.05, 4.69) is 15.9 Å². The van der Waals surface area contributed by atoms with E-state index in [-0.39, 0.29) is 5.82 Å². The smallest absolute Gasteiger partial charge is 0.166 e. The predicted octanol–water partition coefficient (Wildman–Crippen LogP) is 2.66. The maximum absolute atomic E-state index is 13.4. The molecule has 1 rings (SSSR count). The van der Waals surface area contributed by atoms with E-state index < -0.39 is 0 Å². The van der Waals surface area contributed by atoms with E-state index in [0.717, 1.165) is 10.0 Å². The van der Waals surface area contributed by atoms with E-state index in [1.807, 2.05) is 25.1 Å². The molecule has 0 aliphatic rings. The van der Waals surface area contributed by atoms with Crippen molar-refractivity contribution in [2.45, 2.75) is 6.54 Å². The Morgan fingerprint density at radius 1 is 1.43 bits per heavy atom. The molecular weight excluding hydrogens is 249 g/mol. The summed E-state index contributed by atoms with van der Waals surface area (Å²) in [7, 11) is 5.34. The first-order chi connectivity index (χ1) is 6.54. The first-order valence-corrected chi connectivity index (χ1v) is 5.00. The monoisotopic (exact) mass is 261 g/mol. The number of nitrogens with zero attached hydrogens (tertiary/aromatic N) is 1. The van der Waals surface area contributed by atoms with Gasteiger partial charge >= 0.3 is 0 Å². The summed E-state index contributed by atoms with van der Waals surface area (Å²) in [6, 6.07) is 3.26. The lowest BCUT2D eigenvalue weighted by molar-refractivity contribution is 0.355. The van der Waals surface area contributed by atoms with E-state index >= 15 is 0 Å². The minimum atomic E-state index is -0.335. The van der Waals surface area contributed by atoms with Gasteiger partial charge in [0.05, 0.1) is 7.11 Å². The summed E-state index contributed by atoms with van der Waals surface area (Å²) in [6.07, 6.45) is 0. The molecular formula is C10H13BrFNO. The number of halogens is 2. The number of hydrogen-bond acceptors (Lipinski definition) is 2. The van der Waals surface area contributed by atoms with Crippen molar-refractivity contribution in [3.8, 4) is 5.75 Å². The summed E-state index contributed by atoms with van der Waals surface area (Å²) in [5.41, 5.74) is 0.837. The molecule has 0 spiro atoms. The average Bonchev–Trinajstić information content (AvgIpc) is 2.01. The van der Waals surface area contributed by atoms with Crippen molar-refractivity contribution in [1.29, 1.82) is 0 Å². The van der Waals surface area contributed by atoms with Gasteiger partial charge in [-0.15, -0.1) is 0 Å². The molecule has 0 amide bonds. The molecule has 0 N–H and O–H groups in total. The minimum Gasteiger partial charge on any atom is -0.493 e. The van der Waals surface area contributed by atoms with Crippen LogP contribution in [0.4, 0.5) is 4.39 Å². The van der Waals surface area contributed by atoms with Crippen molar-refractivity contribution >= 4 is 15.9 Å². The van der Waals surface area contributed by atoms with E-state index in [1.165, 1.54) is 13.2 Å². The molecule has 4 heteroatoms. The fourth-order valence-electron chi connectivity index (χ4n) is 1.30. The van der Waals surface area contributed by atoms with Gasteiger partial charge in [-0.3, -0.25) is 0 Å². The zero-order valence-electron chi connectivity index (χ0n) is 8.47. The van der Waals surface area contributed by atoms with Crippen molar-refractivity contribution in [3.05, 3.63) is 28.0 Å². The molecule has 0 heterocycles. The Balaban J connectivity index is 3.11. The zero-order valence-corrected chi connectivity index (χ0v) is 10.1. The number of hydrogen-bond donors (Lipinski definition) is 0. The van der Waals surface area contributed by atoms with Gasteiger partial charge in [0.15, 0.2) is 11.6 Å². The largest absolute Gasteiger partial charge is 0.493 e. The van der Waals surface area contributed by atoms with Gasteiger partial charge in [0.1, 0.15) is 0 Å². The Labute approximate surface area is 91.8 Å². The highest BCUT2D eigenvalue weighted by molar-refractivity contribution is 9.10. The summed E-state index contributed by atoms with van der Waals surface area (Å²) in [5, 5.41) is 0. The van der Waals surface area contributed by atoms with Crippen LogP contribution in [-0.2, 0) is 6.54 Å². The lowest BCUT2D eigenvalue weighted by atomic mass is 10.2. The van der Waals surface area contributed by atoms with Crippen LogP contribution in [0.2, 0.25) is 0 Å². The third kappa shape index (κ3) is 2.69. The average molecular weight is 262 g/mol. The van der Waals surface area contributed by atoms with Crippen LogP contribution in [0.5, 0.6) is 5.75 Å². The Bertz CT molecular complexity index is 328. The van der Waals surface area contributed by atoms with Crippen molar-refractivity contribution in [3.63, 3.8) is 0 Å². The maximum Gasteiger partial charge on any atom is 0.166 e. The minimum absolute atomic E-state index is 0.321. The third-order valence-electron chi connectivity index (χ3n) is 1.78. The molecule has 0 aromatic heterocycles. The van der Waals surface area contributed by atoms with Crippen molar-refractivity contribution in [2.24, 2.45) is 0 Å². The fourth-order valence-corrected chi connectivity index (χ4v) is 1.78. The van der Waals surface area contributed by atoms with Crippen LogP contribution >= 0.6 is 15.9 Å². The molecule has 78 valence electrons. The SMILES string of the molecule is COc1c(F)cc(Br)cc1CN(C)C. The van der Waals surface area contributed by atoms with Gasteiger partial charge in [0, 0.05) is 16.6 Å². The summed E-state index contributed by atoms with van der Waals surface area (Å²) in [5.74, 6) is -0.0133. The van der Waals surface area contributed by atoms with E-state index in [0.29, 0.717) is 12.3 Å². The van der Waals surface area contributed by atoms with Gasteiger partial charge in [0.2, 0.25) is 0 Å². The highest BCUT2D eigenvalue weighted by Gasteiger charge is 2.11. The normalized spacial score (nSPS) is 10.7. The first-order valence-electron chi connectivity index (χ1n) is 4.21. The molecule has 0 aliphatic heterocycles. The van der Waals surface area contributed by atoms with Crippen molar-refractivity contribution in [2.75, 3.05) is 21.2 Å². The van der Waals surface area contributed by atoms with Gasteiger partial charge in [-0.25, -0.2) is 4.39 Å². The topological polar surface area (TPSA) is 12.5 Å². The standard InChI is InChI=1S/C10H13BrFNO/c1-13(2)6-7-4-8(11)5-9(12)10(7)14-3/h4-5H,6H2,1-3H3. The van der Waals surface area contributed by atoms with E-state index in [9.17, 15) is 4.39 Å². The van der Waals surface area contributed by atoms with Crippen LogP contribution < -0.4 is 4.74 Å². The second-order valence-corrected chi connectivity index (χ2v) is 4.23. The molecule has 0 saturated carbocycles. The zero-order chi connectivity index (χ0) is 10.7. The van der Waals surface area contributed by atoms with Crippen LogP contribution in [0, 0.1) is 5.82 Å². The van der Waals surface area contributed by atoms with Gasteiger partial charge in [0.25, 0.3) is 0 Å². The van der Waals surface area contributed by atoms with Crippen LogP contribution in [0.15, 0.2) is 16.6 Å². The summed E-state index contributed by atoms with van der Waals surface area (Å²) in [6.45, 7) is 0.652. The van der Waals surface area contributed by atoms with Crippen LogP contribution in [0.1, 0.15) is 5.56 Å². The summed E-state index contributed by atoms with van der Waals surface area (Å²) >= 11 is 3.25. The first kappa shape index (κ1) is 11.5. The number of methoxy groups -OCH3 is 1. The van der Waals surface area contributed by atoms with Crippen LogP contribution in [0.3, 0.4) is 0 Å². The molecule has 0 fully saturated rings. The molecule has 0 radical (unpaired) electrons. The maximum atomic E-state index is 13.4. The van der Waals surface area contributed by atoms with Crippen LogP contribution in [-0.4, -0.2) is 26.1 Å². The highest BCUT2D eigenvalue weighted by Crippen LogP contribution is 2.27. The highest BCUT2D eigenvalue weighted by atomic mass is 79.9. The molecule has 0 aliphatic carbocycles. The summed E-state index contributed by atoms with van der Waals surface area (Å²) < 4.78 is 19.1. The summed E-state index contributed by atoms with van der Waals surface area (Å²) in [4.78, 5) is 1.96. The molecule has 0 saturated heterocycles. The second-order valence-electron chi connectivity index (χ2n) is 3.32. The fraction of sp³-hybridized carbons (Fsp3) is 0.400. The lowest BCUT2D eigenvalue weighted by Gasteiger charge is -2.14. The number of rotatable bonds is 3. The van der Waals surface area contributed by atoms with Crippen molar-refractivity contribution in [1.82, 2.24) is 4.90 Å². The van der Waals surface area contributed by atoms with Crippen molar-refractivity contribution < 1.29 is 9.13 Å². The second kappa shape index (κ2) is 4.75. The van der Waals surface area contributed by atoms with Gasteiger partial charge < -0.3 is 9.64 Å². The quantitative estimate of drug-likeness (QED) is 0.830. The molecule has 0 bridgehead atoms. The Hall–Kier alpha value is -0.610. The number of ether oxygens (including phenoxy) is 1. The van der Waals surface area contributed by atoms with Gasteiger partial charge in [-0.1, -0.05) is 15.9 Å². The molecule has 1 aromatic rings. The Morgan fingerprint density at radius 2 is 2.07 bits per heavy atom. The van der Waals surface area contributed by atoms with E-state index in [1.54, 1.807) is 0 Å². The Kier molecular flexibility index (Phi) is 3.89. The number of benzene rings is 1. The van der Waals surface area contributed by atoms with Gasteiger partial charge in [-0.2, -0.15) is 0 Å². The third-order valence-corrected chi connectivity index (χ3v) is 2.23. The van der Waals surface area contributed by atoms with E-state index in [4.69, 9.17) is 4.74 Å². The van der Waals surface area contributed by atoms with Gasteiger partial charge in [-0.05, 0) is 26.2 Å². The molecule has 1 aromatic carbocycles. The van der Waals surface area contributed by atoms with Crippen LogP contribution in [0.25, 0.3) is 0 Å². The molecule has 0 atom stereocenters. The molecule has 0 unspecified atom stereocenters. The molecule has 14 heavy (non-hydrogen) atoms. The predicted molar refractivity (Wildman–Crippen MR) is 58.0 cm³/mol. The Morgan fingerprint density at radius 3 is 2.57 bits per heavy atom. The lowest BCUT2D eigenvalue weighted by Crippen LogP contribution is -2.12. The molecule has 2 nitrogen and oxygen atoms in total.